The van der Waals surface area contributed by atoms with Crippen LogP contribution in [0, 0.1) is 18.3 Å². The molecule has 49 heavy (non-hydrogen) atoms. The van der Waals surface area contributed by atoms with Gasteiger partial charge in [0.15, 0.2) is 0 Å². The fourth-order valence-electron chi connectivity index (χ4n) is 7.85. The lowest BCUT2D eigenvalue weighted by Crippen LogP contribution is -2.55. The first-order chi connectivity index (χ1) is 24.0. The number of carbonyl (C=O) groups excluding carboxylic acids is 1. The average molecular weight is 665 g/mol. The summed E-state index contributed by atoms with van der Waals surface area (Å²) in [5.74, 6) is 0.843. The number of morpholine rings is 1. The number of likely N-dealkylation sites (N-methyl/N-ethyl adjacent to an activating group) is 1. The second-order valence-corrected chi connectivity index (χ2v) is 13.8. The predicted octanol–water partition coefficient (Wildman–Crippen LogP) is 3.79. The highest BCUT2D eigenvalue weighted by Crippen LogP contribution is 2.36. The number of likely N-dealkylation sites (tertiary alicyclic amines) is 1. The summed E-state index contributed by atoms with van der Waals surface area (Å²) in [5.41, 5.74) is 4.61. The molecule has 0 N–H and O–H groups in total. The Morgan fingerprint density at radius 1 is 1.04 bits per heavy atom. The highest BCUT2D eigenvalue weighted by atomic mass is 16.5. The smallest absolute Gasteiger partial charge is 0.318 e. The van der Waals surface area contributed by atoms with E-state index in [1.54, 1.807) is 6.08 Å². The largest absolute Gasteiger partial charge is 0.462 e. The number of carbonyl (C=O) groups is 1. The van der Waals surface area contributed by atoms with Crippen LogP contribution in [0.25, 0.3) is 10.8 Å². The molecule has 1 aromatic heterocycles. The number of aryl methyl sites for hydroxylation is 1. The Kier molecular flexibility index (Phi) is 10.3. The summed E-state index contributed by atoms with van der Waals surface area (Å²) in [6.07, 6.45) is 6.96. The predicted molar refractivity (Wildman–Crippen MR) is 191 cm³/mol. The van der Waals surface area contributed by atoms with Crippen molar-refractivity contribution in [2.45, 2.75) is 51.2 Å². The second kappa shape index (κ2) is 15.1. The van der Waals surface area contributed by atoms with Crippen molar-refractivity contribution in [2.24, 2.45) is 0 Å². The maximum absolute atomic E-state index is 13.4. The van der Waals surface area contributed by atoms with Crippen LogP contribution in [-0.2, 0) is 22.5 Å². The van der Waals surface area contributed by atoms with Gasteiger partial charge >= 0.3 is 6.01 Å². The molecule has 0 aliphatic carbocycles. The molecule has 4 aliphatic heterocycles. The van der Waals surface area contributed by atoms with Gasteiger partial charge in [-0.3, -0.25) is 9.69 Å². The summed E-state index contributed by atoms with van der Waals surface area (Å²) in [4.78, 5) is 34.7. The maximum atomic E-state index is 13.4. The summed E-state index contributed by atoms with van der Waals surface area (Å²) < 4.78 is 11.8. The summed E-state index contributed by atoms with van der Waals surface area (Å²) in [5, 5.41) is 12.3. The minimum atomic E-state index is -0.236. The third-order valence-electron chi connectivity index (χ3n) is 10.7. The van der Waals surface area contributed by atoms with Crippen LogP contribution in [-0.4, -0.2) is 122 Å². The molecule has 3 fully saturated rings. The van der Waals surface area contributed by atoms with Crippen LogP contribution in [0.2, 0.25) is 0 Å². The number of hydrogen-bond acceptors (Lipinski definition) is 10. The molecule has 5 heterocycles. The SMILES string of the molecule is Cc1cccc2cccc(N3CCc4c(nc(OC[C@@H]5CCCN5C)nc4N4CCN(C(=O)/C=C/CN5CCOCC5)C(CC#N)C4)C3)c12. The van der Waals surface area contributed by atoms with Gasteiger partial charge < -0.3 is 29.1 Å². The monoisotopic (exact) mass is 664 g/mol. The zero-order valence-electron chi connectivity index (χ0n) is 28.9. The number of rotatable bonds is 9. The summed E-state index contributed by atoms with van der Waals surface area (Å²) in [6.45, 7) is 10.9. The minimum Gasteiger partial charge on any atom is -0.462 e. The van der Waals surface area contributed by atoms with E-state index in [0.717, 1.165) is 75.9 Å². The molecule has 11 nitrogen and oxygen atoms in total. The molecule has 7 rings (SSSR count). The van der Waals surface area contributed by atoms with Gasteiger partial charge in [0, 0.05) is 74.6 Å². The molecule has 0 saturated carbocycles. The maximum Gasteiger partial charge on any atom is 0.318 e. The highest BCUT2D eigenvalue weighted by Gasteiger charge is 2.34. The van der Waals surface area contributed by atoms with Crippen molar-refractivity contribution in [3.05, 3.63) is 65.4 Å². The Bertz CT molecular complexity index is 1710. The first-order valence-electron chi connectivity index (χ1n) is 17.8. The van der Waals surface area contributed by atoms with E-state index < -0.39 is 0 Å². The summed E-state index contributed by atoms with van der Waals surface area (Å²) in [6, 6.07) is 15.9. The van der Waals surface area contributed by atoms with Crippen LogP contribution in [0.1, 0.15) is 36.1 Å². The Labute approximate surface area is 289 Å². The lowest BCUT2D eigenvalue weighted by molar-refractivity contribution is -0.128. The Morgan fingerprint density at radius 3 is 2.67 bits per heavy atom. The summed E-state index contributed by atoms with van der Waals surface area (Å²) >= 11 is 0. The fourth-order valence-corrected chi connectivity index (χ4v) is 7.85. The van der Waals surface area contributed by atoms with Crippen molar-refractivity contribution in [1.82, 2.24) is 24.7 Å². The van der Waals surface area contributed by atoms with Gasteiger partial charge in [-0.25, -0.2) is 0 Å². The molecule has 1 unspecified atom stereocenters. The fraction of sp³-hybridized carbons (Fsp3) is 0.526. The van der Waals surface area contributed by atoms with E-state index in [1.165, 1.54) is 28.4 Å². The number of fused-ring (bicyclic) bond motifs is 2. The van der Waals surface area contributed by atoms with Crippen molar-refractivity contribution in [3.8, 4) is 12.1 Å². The third-order valence-corrected chi connectivity index (χ3v) is 10.7. The quantitative estimate of drug-likeness (QED) is 0.314. The number of nitrogens with zero attached hydrogens (tertiary/aromatic N) is 8. The van der Waals surface area contributed by atoms with Gasteiger partial charge in [0.1, 0.15) is 12.4 Å². The Balaban J connectivity index is 1.14. The molecule has 0 spiro atoms. The van der Waals surface area contributed by atoms with E-state index in [4.69, 9.17) is 19.4 Å². The number of piperazine rings is 1. The average Bonchev–Trinajstić information content (AvgIpc) is 3.54. The zero-order chi connectivity index (χ0) is 33.7. The van der Waals surface area contributed by atoms with Crippen molar-refractivity contribution in [2.75, 3.05) is 89.0 Å². The van der Waals surface area contributed by atoms with Gasteiger partial charge in [0.05, 0.1) is 44.0 Å². The van der Waals surface area contributed by atoms with Gasteiger partial charge in [0.25, 0.3) is 0 Å². The lowest BCUT2D eigenvalue weighted by Gasteiger charge is -2.42. The minimum absolute atomic E-state index is 0.0383. The molecule has 3 aromatic rings. The molecule has 258 valence electrons. The van der Waals surface area contributed by atoms with E-state index in [0.29, 0.717) is 44.8 Å². The molecule has 11 heteroatoms. The van der Waals surface area contributed by atoms with Crippen LogP contribution < -0.4 is 14.5 Å². The van der Waals surface area contributed by atoms with Crippen molar-refractivity contribution < 1.29 is 14.3 Å². The molecular formula is C38H48N8O3. The van der Waals surface area contributed by atoms with Gasteiger partial charge in [-0.2, -0.15) is 15.2 Å². The topological polar surface area (TPSA) is 101 Å². The molecule has 2 aromatic carbocycles. The van der Waals surface area contributed by atoms with Crippen molar-refractivity contribution in [3.63, 3.8) is 0 Å². The van der Waals surface area contributed by atoms with Gasteiger partial charge in [-0.15, -0.1) is 0 Å². The van der Waals surface area contributed by atoms with Gasteiger partial charge in [-0.05, 0) is 56.8 Å². The number of aromatic nitrogens is 2. The normalized spacial score (nSPS) is 22.1. The second-order valence-electron chi connectivity index (χ2n) is 13.8. The van der Waals surface area contributed by atoms with Crippen LogP contribution in [0.5, 0.6) is 6.01 Å². The molecule has 0 radical (unpaired) electrons. The zero-order valence-corrected chi connectivity index (χ0v) is 28.9. The molecule has 4 aliphatic rings. The van der Waals surface area contributed by atoms with E-state index in [1.807, 2.05) is 11.0 Å². The number of ether oxygens (including phenoxy) is 2. The van der Waals surface area contributed by atoms with Crippen molar-refractivity contribution in [1.29, 1.82) is 5.26 Å². The molecule has 2 atom stereocenters. The first kappa shape index (κ1) is 33.3. The van der Waals surface area contributed by atoms with Crippen LogP contribution >= 0.6 is 0 Å². The number of hydrogen-bond donors (Lipinski definition) is 0. The lowest BCUT2D eigenvalue weighted by atomic mass is 9.99. The number of amides is 1. The first-order valence-corrected chi connectivity index (χ1v) is 17.8. The van der Waals surface area contributed by atoms with Crippen LogP contribution in [0.3, 0.4) is 0 Å². The molecule has 0 bridgehead atoms. The number of nitriles is 1. The van der Waals surface area contributed by atoms with Crippen LogP contribution in [0.4, 0.5) is 11.5 Å². The molecular weight excluding hydrogens is 616 g/mol. The number of anilines is 2. The standard InChI is InChI=1S/C38H48N8O3/c1-28-7-3-8-29-9-4-11-34(36(28)29)44-18-14-32-33(26-44)40-38(49-27-31-10-5-16-42(31)2)41-37(32)45-19-20-46(30(25-45)13-15-39)35(47)12-6-17-43-21-23-48-24-22-43/h3-4,6-9,11-12,30-31H,5,10,13-14,16-27H2,1-2H3/b12-6+/t30?,31-/m0/s1. The van der Waals surface area contributed by atoms with E-state index in [-0.39, 0.29) is 18.4 Å². The molecule has 1 amide bonds. The number of benzene rings is 2. The summed E-state index contributed by atoms with van der Waals surface area (Å²) in [7, 11) is 2.15. The van der Waals surface area contributed by atoms with Crippen LogP contribution in [0.15, 0.2) is 48.6 Å². The Hall–Kier alpha value is -4.24. The third kappa shape index (κ3) is 7.37. The van der Waals surface area contributed by atoms with E-state index >= 15 is 0 Å². The van der Waals surface area contributed by atoms with Gasteiger partial charge in [0.2, 0.25) is 5.91 Å². The Morgan fingerprint density at radius 2 is 1.88 bits per heavy atom. The van der Waals surface area contributed by atoms with Gasteiger partial charge in [-0.1, -0.05) is 36.4 Å². The van der Waals surface area contributed by atoms with E-state index in [2.05, 4.69) is 76.0 Å². The van der Waals surface area contributed by atoms with Crippen molar-refractivity contribution >= 4 is 28.2 Å². The molecule has 3 saturated heterocycles. The van der Waals surface area contributed by atoms with E-state index in [9.17, 15) is 10.1 Å². The highest BCUT2D eigenvalue weighted by molar-refractivity contribution is 5.97.